The minimum Gasteiger partial charge on any atom is -0.480 e. The Labute approximate surface area is 163 Å². The summed E-state index contributed by atoms with van der Waals surface area (Å²) in [5.41, 5.74) is 9.23. The molecular formula is C21H25N3O4. The highest BCUT2D eigenvalue weighted by molar-refractivity contribution is 5.96. The number of carboxylic acid groups (broad SMARTS) is 1. The molecule has 1 atom stereocenters. The average Bonchev–Trinajstić information content (AvgIpc) is 3.02. The molecule has 1 aromatic heterocycles. The molecule has 0 aliphatic rings. The molecule has 0 bridgehead atoms. The van der Waals surface area contributed by atoms with E-state index >= 15 is 0 Å². The second-order valence-electron chi connectivity index (χ2n) is 6.65. The topological polar surface area (TPSA) is 125 Å². The van der Waals surface area contributed by atoms with Crippen molar-refractivity contribution in [3.05, 3.63) is 59.3 Å². The van der Waals surface area contributed by atoms with Crippen molar-refractivity contribution in [2.24, 2.45) is 0 Å². The number of aliphatic carboxylic acids is 1. The Morgan fingerprint density at radius 3 is 2.50 bits per heavy atom. The standard InChI is InChI=1S/C21H25N3O4/c1-3-17-16(12-23-19(17)22)10-7-14-5-8-15(9-6-14)20(26)24-18(21(27)28)11-4-13(2)25/h3,5-6,8-9,12,18,23H,1,4,7,10-11,22H2,2H3,(H,24,26)(H,27,28). The van der Waals surface area contributed by atoms with Crippen LogP contribution in [-0.4, -0.2) is 33.8 Å². The molecule has 5 N–H and O–H groups in total. The first-order valence-corrected chi connectivity index (χ1v) is 9.02. The van der Waals surface area contributed by atoms with Gasteiger partial charge in [0.05, 0.1) is 0 Å². The van der Waals surface area contributed by atoms with Crippen LogP contribution in [0.15, 0.2) is 37.0 Å². The van der Waals surface area contributed by atoms with E-state index in [0.717, 1.165) is 29.5 Å². The van der Waals surface area contributed by atoms with Crippen molar-refractivity contribution in [3.8, 4) is 0 Å². The maximum Gasteiger partial charge on any atom is 0.326 e. The van der Waals surface area contributed by atoms with Gasteiger partial charge in [0, 0.05) is 23.7 Å². The molecule has 0 saturated carbocycles. The smallest absolute Gasteiger partial charge is 0.326 e. The van der Waals surface area contributed by atoms with Gasteiger partial charge in [-0.05, 0) is 49.4 Å². The van der Waals surface area contributed by atoms with Gasteiger partial charge in [-0.25, -0.2) is 4.79 Å². The third kappa shape index (κ3) is 5.57. The van der Waals surface area contributed by atoms with Crippen molar-refractivity contribution >= 4 is 29.6 Å². The Hall–Kier alpha value is -3.35. The number of amides is 1. The highest BCUT2D eigenvalue weighted by Crippen LogP contribution is 2.19. The number of aromatic nitrogens is 1. The van der Waals surface area contributed by atoms with Gasteiger partial charge >= 0.3 is 5.97 Å². The predicted molar refractivity (Wildman–Crippen MR) is 108 cm³/mol. The predicted octanol–water partition coefficient (Wildman–Crippen LogP) is 2.58. The number of carbonyl (C=O) groups excluding carboxylic acids is 2. The molecule has 1 amide bonds. The first-order chi connectivity index (χ1) is 13.3. The van der Waals surface area contributed by atoms with Gasteiger partial charge < -0.3 is 25.9 Å². The van der Waals surface area contributed by atoms with Gasteiger partial charge in [-0.3, -0.25) is 4.79 Å². The zero-order valence-corrected chi connectivity index (χ0v) is 15.8. The SMILES string of the molecule is C=Cc1c(CCc2ccc(C(=O)NC(CCC(C)=O)C(=O)O)cc2)c[nH]c1N. The highest BCUT2D eigenvalue weighted by atomic mass is 16.4. The van der Waals surface area contributed by atoms with Crippen LogP contribution < -0.4 is 11.1 Å². The van der Waals surface area contributed by atoms with Gasteiger partial charge in [-0.2, -0.15) is 0 Å². The van der Waals surface area contributed by atoms with E-state index in [1.165, 1.54) is 6.92 Å². The number of rotatable bonds is 10. The molecule has 1 heterocycles. The normalized spacial score (nSPS) is 11.6. The largest absolute Gasteiger partial charge is 0.480 e. The van der Waals surface area contributed by atoms with Crippen LogP contribution in [0.2, 0.25) is 0 Å². The number of anilines is 1. The van der Waals surface area contributed by atoms with E-state index < -0.39 is 17.9 Å². The quantitative estimate of drug-likeness (QED) is 0.502. The second-order valence-corrected chi connectivity index (χ2v) is 6.65. The molecule has 28 heavy (non-hydrogen) atoms. The third-order valence-electron chi connectivity index (χ3n) is 4.53. The number of benzene rings is 1. The van der Waals surface area contributed by atoms with Crippen molar-refractivity contribution in [2.75, 3.05) is 5.73 Å². The lowest BCUT2D eigenvalue weighted by atomic mass is 10.0. The maximum atomic E-state index is 12.3. The number of nitrogens with two attached hydrogens (primary N) is 1. The summed E-state index contributed by atoms with van der Waals surface area (Å²) in [6, 6.07) is 5.91. The number of hydrogen-bond donors (Lipinski definition) is 4. The van der Waals surface area contributed by atoms with Gasteiger partial charge in [-0.1, -0.05) is 24.8 Å². The molecule has 0 spiro atoms. The number of hydrogen-bond acceptors (Lipinski definition) is 4. The lowest BCUT2D eigenvalue weighted by molar-refractivity contribution is -0.139. The van der Waals surface area contributed by atoms with E-state index in [2.05, 4.69) is 16.9 Å². The van der Waals surface area contributed by atoms with E-state index in [1.54, 1.807) is 18.2 Å². The zero-order chi connectivity index (χ0) is 20.7. The minimum absolute atomic E-state index is 0.0694. The fourth-order valence-corrected chi connectivity index (χ4v) is 2.89. The van der Waals surface area contributed by atoms with Crippen LogP contribution >= 0.6 is 0 Å². The minimum atomic E-state index is -1.16. The summed E-state index contributed by atoms with van der Waals surface area (Å²) in [5.74, 6) is -1.16. The summed E-state index contributed by atoms with van der Waals surface area (Å²) in [5, 5.41) is 11.7. The van der Waals surface area contributed by atoms with Crippen LogP contribution in [0.3, 0.4) is 0 Å². The van der Waals surface area contributed by atoms with Crippen LogP contribution in [0.25, 0.3) is 6.08 Å². The molecule has 0 fully saturated rings. The second kappa shape index (κ2) is 9.55. The number of nitrogen functional groups attached to an aromatic ring is 1. The van der Waals surface area contributed by atoms with Gasteiger partial charge in [0.15, 0.2) is 0 Å². The van der Waals surface area contributed by atoms with E-state index in [4.69, 9.17) is 5.73 Å². The molecule has 148 valence electrons. The third-order valence-corrected chi connectivity index (χ3v) is 4.53. The Morgan fingerprint density at radius 2 is 1.93 bits per heavy atom. The fourth-order valence-electron chi connectivity index (χ4n) is 2.89. The number of Topliss-reactive ketones (excluding diaryl/α,β-unsaturated/α-hetero) is 1. The fraction of sp³-hybridized carbons (Fsp3) is 0.286. The van der Waals surface area contributed by atoms with Crippen LogP contribution in [0, 0.1) is 0 Å². The molecule has 2 aromatic rings. The maximum absolute atomic E-state index is 12.3. The summed E-state index contributed by atoms with van der Waals surface area (Å²) >= 11 is 0. The van der Waals surface area contributed by atoms with Crippen molar-refractivity contribution in [1.29, 1.82) is 0 Å². The average molecular weight is 383 g/mol. The Morgan fingerprint density at radius 1 is 1.25 bits per heavy atom. The molecule has 0 saturated heterocycles. The van der Waals surface area contributed by atoms with Gasteiger partial charge in [0.2, 0.25) is 0 Å². The number of aryl methyl sites for hydroxylation is 2. The van der Waals surface area contributed by atoms with E-state index in [1.807, 2.05) is 18.3 Å². The molecule has 2 rings (SSSR count). The van der Waals surface area contributed by atoms with Crippen molar-refractivity contribution < 1.29 is 19.5 Å². The van der Waals surface area contributed by atoms with Gasteiger partial charge in [0.25, 0.3) is 5.91 Å². The molecule has 7 heteroatoms. The number of ketones is 1. The van der Waals surface area contributed by atoms with Crippen LogP contribution in [0.5, 0.6) is 0 Å². The first-order valence-electron chi connectivity index (χ1n) is 9.02. The summed E-state index contributed by atoms with van der Waals surface area (Å²) < 4.78 is 0. The summed E-state index contributed by atoms with van der Waals surface area (Å²) in [7, 11) is 0. The molecule has 0 aliphatic carbocycles. The zero-order valence-electron chi connectivity index (χ0n) is 15.8. The summed E-state index contributed by atoms with van der Waals surface area (Å²) in [4.78, 5) is 37.6. The number of H-pyrrole nitrogens is 1. The summed E-state index contributed by atoms with van der Waals surface area (Å²) in [6.45, 7) is 5.15. The number of aromatic amines is 1. The van der Waals surface area contributed by atoms with Crippen LogP contribution in [-0.2, 0) is 22.4 Å². The molecule has 7 nitrogen and oxygen atoms in total. The first kappa shape index (κ1) is 21.0. The Kier molecular flexibility index (Phi) is 7.14. The van der Waals surface area contributed by atoms with Gasteiger partial charge in [-0.15, -0.1) is 0 Å². The highest BCUT2D eigenvalue weighted by Gasteiger charge is 2.21. The van der Waals surface area contributed by atoms with Gasteiger partial charge in [0.1, 0.15) is 17.6 Å². The Balaban J connectivity index is 1.96. The monoisotopic (exact) mass is 383 g/mol. The molecule has 1 aromatic carbocycles. The molecular weight excluding hydrogens is 358 g/mol. The number of carbonyl (C=O) groups is 3. The van der Waals surface area contributed by atoms with E-state index in [-0.39, 0.29) is 18.6 Å². The Bertz CT molecular complexity index is 868. The number of nitrogens with one attached hydrogen (secondary N) is 2. The van der Waals surface area contributed by atoms with E-state index in [9.17, 15) is 19.5 Å². The van der Waals surface area contributed by atoms with E-state index in [0.29, 0.717) is 11.4 Å². The summed E-state index contributed by atoms with van der Waals surface area (Å²) in [6.07, 6.45) is 5.29. The van der Waals surface area contributed by atoms with Crippen LogP contribution in [0.1, 0.15) is 46.8 Å². The van der Waals surface area contributed by atoms with Crippen molar-refractivity contribution in [3.63, 3.8) is 0 Å². The van der Waals surface area contributed by atoms with Crippen molar-refractivity contribution in [2.45, 2.75) is 38.6 Å². The number of carboxylic acids is 1. The molecule has 1 unspecified atom stereocenters. The lowest BCUT2D eigenvalue weighted by Crippen LogP contribution is -2.41. The lowest BCUT2D eigenvalue weighted by Gasteiger charge is -2.14. The van der Waals surface area contributed by atoms with Crippen molar-refractivity contribution in [1.82, 2.24) is 10.3 Å². The van der Waals surface area contributed by atoms with Crippen LogP contribution in [0.4, 0.5) is 5.82 Å². The molecule has 0 aliphatic heterocycles. The molecule has 0 radical (unpaired) electrons.